The summed E-state index contributed by atoms with van der Waals surface area (Å²) in [6, 6.07) is 8.82. The van der Waals surface area contributed by atoms with E-state index in [-0.39, 0.29) is 38.1 Å². The molecule has 0 aromatic heterocycles. The van der Waals surface area contributed by atoms with Gasteiger partial charge in [0.05, 0.1) is 4.08 Å². The SMILES string of the molecule is CC(=O)COc1c(C(C)(C)C)cc(SC(C)(C)Sc2cc(C(C)(C)C)c(O)c(C(C)(C)C)c2)cc1C(C)(C)C. The van der Waals surface area contributed by atoms with Crippen LogP contribution in [0.25, 0.3) is 0 Å². The Bertz CT molecular complexity index is 1130. The van der Waals surface area contributed by atoms with Gasteiger partial charge < -0.3 is 9.84 Å². The van der Waals surface area contributed by atoms with E-state index in [2.05, 4.69) is 121 Å². The third kappa shape index (κ3) is 8.95. The topological polar surface area (TPSA) is 46.5 Å². The first-order valence-electron chi connectivity index (χ1n) is 13.9. The normalized spacial score (nSPS) is 13.5. The molecule has 2 aromatic carbocycles. The van der Waals surface area contributed by atoms with Crippen LogP contribution < -0.4 is 4.74 Å². The van der Waals surface area contributed by atoms with Crippen LogP contribution in [-0.2, 0) is 26.5 Å². The predicted molar refractivity (Wildman–Crippen MR) is 171 cm³/mol. The van der Waals surface area contributed by atoms with Crippen molar-refractivity contribution in [3.05, 3.63) is 46.5 Å². The molecule has 39 heavy (non-hydrogen) atoms. The van der Waals surface area contributed by atoms with Gasteiger partial charge in [0.2, 0.25) is 0 Å². The Balaban J connectivity index is 2.62. The fourth-order valence-electron chi connectivity index (χ4n) is 4.50. The summed E-state index contributed by atoms with van der Waals surface area (Å²) >= 11 is 3.67. The Hall–Kier alpha value is -1.59. The third-order valence-corrected chi connectivity index (χ3v) is 8.95. The lowest BCUT2D eigenvalue weighted by atomic mass is 9.79. The van der Waals surface area contributed by atoms with Crippen LogP contribution >= 0.6 is 23.5 Å². The zero-order chi connectivity index (χ0) is 30.4. The maximum atomic E-state index is 11.8. The molecule has 0 unspecified atom stereocenters. The van der Waals surface area contributed by atoms with Crippen molar-refractivity contribution in [3.8, 4) is 11.5 Å². The van der Waals surface area contributed by atoms with Gasteiger partial charge in [-0.05, 0) is 66.7 Å². The summed E-state index contributed by atoms with van der Waals surface area (Å²) in [6.07, 6.45) is 0. The predicted octanol–water partition coefficient (Wildman–Crippen LogP) is 10.2. The van der Waals surface area contributed by atoms with Crippen LogP contribution in [0.1, 0.15) is 126 Å². The van der Waals surface area contributed by atoms with Gasteiger partial charge in [0.25, 0.3) is 0 Å². The molecule has 218 valence electrons. The summed E-state index contributed by atoms with van der Waals surface area (Å²) in [7, 11) is 0. The number of phenolic OH excluding ortho intramolecular Hbond substituents is 1. The number of Topliss-reactive ketones (excluding diaryl/α,β-unsaturated/α-hetero) is 1. The van der Waals surface area contributed by atoms with Crippen molar-refractivity contribution in [1.29, 1.82) is 0 Å². The summed E-state index contributed by atoms with van der Waals surface area (Å²) < 4.78 is 5.99. The van der Waals surface area contributed by atoms with Gasteiger partial charge in [-0.25, -0.2) is 0 Å². The molecule has 0 radical (unpaired) electrons. The number of thioether (sulfide) groups is 2. The van der Waals surface area contributed by atoms with Crippen LogP contribution in [-0.4, -0.2) is 21.6 Å². The second kappa shape index (κ2) is 11.4. The standard InChI is InChI=1S/C34H52O3S2/c1-21(35)20-37-29-26(32(8,9)10)18-23(19-27(29)33(11,12)13)39-34(14,15)38-22-16-24(30(2,3)4)28(36)25(17-22)31(5,6)7/h16-19,36H,20H2,1-15H3. The number of benzene rings is 2. The van der Waals surface area contributed by atoms with Gasteiger partial charge >= 0.3 is 0 Å². The molecule has 0 fully saturated rings. The van der Waals surface area contributed by atoms with Crippen molar-refractivity contribution >= 4 is 29.3 Å². The number of ether oxygens (including phenoxy) is 1. The Kier molecular flexibility index (Phi) is 9.79. The van der Waals surface area contributed by atoms with Gasteiger partial charge in [-0.2, -0.15) is 0 Å². The van der Waals surface area contributed by atoms with Gasteiger partial charge in [0, 0.05) is 32.0 Å². The monoisotopic (exact) mass is 572 g/mol. The first kappa shape index (κ1) is 33.6. The minimum atomic E-state index is -0.187. The number of hydrogen-bond acceptors (Lipinski definition) is 5. The highest BCUT2D eigenvalue weighted by Crippen LogP contribution is 2.51. The molecule has 0 heterocycles. The molecule has 2 rings (SSSR count). The molecule has 0 aliphatic rings. The van der Waals surface area contributed by atoms with Crippen LogP contribution in [0.5, 0.6) is 11.5 Å². The summed E-state index contributed by atoms with van der Waals surface area (Å²) in [6.45, 7) is 32.3. The van der Waals surface area contributed by atoms with E-state index < -0.39 is 0 Å². The average molecular weight is 573 g/mol. The largest absolute Gasteiger partial charge is 0.507 e. The van der Waals surface area contributed by atoms with E-state index in [0.29, 0.717) is 5.75 Å². The Morgan fingerprint density at radius 1 is 0.641 bits per heavy atom. The molecular weight excluding hydrogens is 521 g/mol. The van der Waals surface area contributed by atoms with E-state index >= 15 is 0 Å². The van der Waals surface area contributed by atoms with Crippen LogP contribution in [0.3, 0.4) is 0 Å². The zero-order valence-electron chi connectivity index (χ0n) is 27.1. The van der Waals surface area contributed by atoms with Crippen molar-refractivity contribution in [2.75, 3.05) is 6.61 Å². The van der Waals surface area contributed by atoms with E-state index in [0.717, 1.165) is 32.9 Å². The molecule has 2 aromatic rings. The van der Waals surface area contributed by atoms with Crippen LogP contribution in [0.2, 0.25) is 0 Å². The molecule has 3 nitrogen and oxygen atoms in total. The van der Waals surface area contributed by atoms with Crippen molar-refractivity contribution in [2.24, 2.45) is 0 Å². The maximum Gasteiger partial charge on any atom is 0.167 e. The van der Waals surface area contributed by atoms with Gasteiger partial charge in [0.15, 0.2) is 5.78 Å². The number of carbonyl (C=O) groups excluding carboxylic acids is 1. The van der Waals surface area contributed by atoms with E-state index in [4.69, 9.17) is 4.74 Å². The lowest BCUT2D eigenvalue weighted by Crippen LogP contribution is -2.22. The molecule has 5 heteroatoms. The van der Waals surface area contributed by atoms with E-state index in [1.807, 2.05) is 23.5 Å². The highest BCUT2D eigenvalue weighted by Gasteiger charge is 2.32. The molecule has 0 atom stereocenters. The van der Waals surface area contributed by atoms with Crippen LogP contribution in [0.15, 0.2) is 34.1 Å². The average Bonchev–Trinajstić information content (AvgIpc) is 2.69. The van der Waals surface area contributed by atoms with Crippen molar-refractivity contribution < 1.29 is 14.6 Å². The van der Waals surface area contributed by atoms with E-state index in [9.17, 15) is 9.90 Å². The summed E-state index contributed by atoms with van der Waals surface area (Å²) in [5.74, 6) is 1.27. The fourth-order valence-corrected chi connectivity index (χ4v) is 7.09. The number of phenols is 1. The number of ketones is 1. The zero-order valence-corrected chi connectivity index (χ0v) is 28.7. The molecule has 0 aliphatic carbocycles. The van der Waals surface area contributed by atoms with Crippen LogP contribution in [0, 0.1) is 0 Å². The van der Waals surface area contributed by atoms with Crippen molar-refractivity contribution in [1.82, 2.24) is 0 Å². The molecule has 0 saturated carbocycles. The quantitative estimate of drug-likeness (QED) is 0.264. The Labute approximate surface area is 247 Å². The third-order valence-electron chi connectivity index (χ3n) is 6.52. The molecule has 0 saturated heterocycles. The number of hydrogen-bond donors (Lipinski definition) is 1. The number of rotatable bonds is 7. The Morgan fingerprint density at radius 2 is 0.949 bits per heavy atom. The van der Waals surface area contributed by atoms with E-state index in [1.165, 1.54) is 4.90 Å². The molecule has 1 N–H and O–H groups in total. The summed E-state index contributed by atoms with van der Waals surface area (Å²) in [5.41, 5.74) is 3.56. The van der Waals surface area contributed by atoms with Gasteiger partial charge in [-0.3, -0.25) is 4.79 Å². The molecule has 0 spiro atoms. The first-order valence-corrected chi connectivity index (χ1v) is 15.5. The van der Waals surface area contributed by atoms with Gasteiger partial charge in [-0.15, -0.1) is 23.5 Å². The minimum absolute atomic E-state index is 0.0175. The summed E-state index contributed by atoms with van der Waals surface area (Å²) in [4.78, 5) is 14.2. The second-order valence-corrected chi connectivity index (χ2v) is 19.0. The highest BCUT2D eigenvalue weighted by molar-refractivity contribution is 8.18. The summed E-state index contributed by atoms with van der Waals surface area (Å²) in [5, 5.41) is 11.2. The smallest absolute Gasteiger partial charge is 0.167 e. The fraction of sp³-hybridized carbons (Fsp3) is 0.618. The molecular formula is C34H52O3S2. The molecule has 0 bridgehead atoms. The maximum absolute atomic E-state index is 11.8. The van der Waals surface area contributed by atoms with Gasteiger partial charge in [0.1, 0.15) is 18.1 Å². The van der Waals surface area contributed by atoms with Crippen molar-refractivity contribution in [3.63, 3.8) is 0 Å². The lowest BCUT2D eigenvalue weighted by molar-refractivity contribution is -0.118. The first-order chi connectivity index (χ1) is 17.3. The lowest BCUT2D eigenvalue weighted by Gasteiger charge is -2.32. The van der Waals surface area contributed by atoms with Crippen LogP contribution in [0.4, 0.5) is 0 Å². The number of carbonyl (C=O) groups is 1. The van der Waals surface area contributed by atoms with Gasteiger partial charge in [-0.1, -0.05) is 83.1 Å². The number of aromatic hydroxyl groups is 1. The highest BCUT2D eigenvalue weighted by atomic mass is 32.2. The van der Waals surface area contributed by atoms with E-state index in [1.54, 1.807) is 6.92 Å². The second-order valence-electron chi connectivity index (χ2n) is 15.3. The minimum Gasteiger partial charge on any atom is -0.507 e. The molecule has 0 aliphatic heterocycles. The molecule has 0 amide bonds. The van der Waals surface area contributed by atoms with Crippen molar-refractivity contribution in [2.45, 2.75) is 139 Å². The Morgan fingerprint density at radius 3 is 1.23 bits per heavy atom.